The van der Waals surface area contributed by atoms with E-state index in [9.17, 15) is 20.4 Å². The van der Waals surface area contributed by atoms with Gasteiger partial charge in [-0.3, -0.25) is 0 Å². The van der Waals surface area contributed by atoms with Gasteiger partial charge >= 0.3 is 0 Å². The molecule has 0 radical (unpaired) electrons. The number of hydrogen-bond acceptors (Lipinski definition) is 8. The summed E-state index contributed by atoms with van der Waals surface area (Å²) in [6, 6.07) is 0. The molecule has 8 aliphatic rings. The van der Waals surface area contributed by atoms with Crippen molar-refractivity contribution in [3.05, 3.63) is 0 Å². The molecule has 2 bridgehead atoms. The predicted molar refractivity (Wildman–Crippen MR) is 162 cm³/mol. The number of halogens is 1. The fraction of sp³-hybridized carbons (Fsp3) is 1.00. The third-order valence-electron chi connectivity index (χ3n) is 15.9. The standard InChI is InChI=1S/C35H55ClO8/c1-17-14-19-26(30(4,5)36)44-35(43-19)25(17)31(6)12-13-34-16-33(34)11-10-22(42-27-24(39)23(38)18(37)15-41-27)29(2,3)20(33)8-9-21(34)32(31,7)28(35)40/h17-28,37-40H,8-16H2,1-7H3/t17-,18-,19+,20+,21+,22+,23+,24-,25-,26+,27+,28-,31-,32-,33-,34+,35+/m1/s1. The smallest absolute Gasteiger partial charge is 0.199 e. The topological polar surface area (TPSA) is 118 Å². The van der Waals surface area contributed by atoms with E-state index in [-0.39, 0.29) is 57.9 Å². The SMILES string of the molecule is C[C@@H]1C[C@@H]2O[C@@]3(O[C@@H]2C(C)(C)Cl)[C@H](O)[C@@]2(C)[C@@H]4CC[C@H]5C(C)(C)[C@@H](O[C@@H]6OC[C@@H](O)[C@H](O)[C@H]6O)CC[C@@]56C[C@@]46CC[C@]2(C)[C@@H]13. The van der Waals surface area contributed by atoms with Crippen LogP contribution in [0.25, 0.3) is 0 Å². The van der Waals surface area contributed by atoms with Crippen LogP contribution in [0.15, 0.2) is 0 Å². The minimum atomic E-state index is -1.28. The quantitative estimate of drug-likeness (QED) is 0.266. The molecule has 5 aliphatic carbocycles. The number of fused-ring (bicyclic) bond motifs is 4. The van der Waals surface area contributed by atoms with Crippen LogP contribution in [-0.2, 0) is 18.9 Å². The van der Waals surface area contributed by atoms with Crippen molar-refractivity contribution in [2.24, 2.45) is 50.7 Å². The maximum absolute atomic E-state index is 12.7. The van der Waals surface area contributed by atoms with Gasteiger partial charge in [-0.05, 0) is 105 Å². The molecular formula is C35H55ClO8. The average Bonchev–Trinajstić information content (AvgIpc) is 3.45. The molecule has 0 unspecified atom stereocenters. The Morgan fingerprint density at radius 3 is 2.25 bits per heavy atom. The molecule has 250 valence electrons. The first-order valence-corrected chi connectivity index (χ1v) is 17.8. The minimum Gasteiger partial charge on any atom is -0.388 e. The zero-order valence-corrected chi connectivity index (χ0v) is 28.3. The summed E-state index contributed by atoms with van der Waals surface area (Å²) in [5.41, 5.74) is -0.205. The molecule has 5 saturated carbocycles. The van der Waals surface area contributed by atoms with Gasteiger partial charge in [0.05, 0.1) is 23.7 Å². The van der Waals surface area contributed by atoms with Crippen molar-refractivity contribution in [2.75, 3.05) is 6.61 Å². The average molecular weight is 639 g/mol. The Morgan fingerprint density at radius 1 is 0.864 bits per heavy atom. The maximum atomic E-state index is 12.7. The molecule has 0 amide bonds. The molecule has 0 aromatic rings. The molecule has 8 rings (SSSR count). The minimum absolute atomic E-state index is 0.0493. The van der Waals surface area contributed by atoms with Crippen LogP contribution in [0, 0.1) is 50.7 Å². The van der Waals surface area contributed by atoms with Gasteiger partial charge in [0, 0.05) is 11.3 Å². The van der Waals surface area contributed by atoms with Gasteiger partial charge in [-0.1, -0.05) is 34.6 Å². The van der Waals surface area contributed by atoms with Gasteiger partial charge in [0.15, 0.2) is 12.1 Å². The fourth-order valence-electron chi connectivity index (χ4n) is 13.9. The molecule has 9 heteroatoms. The summed E-state index contributed by atoms with van der Waals surface area (Å²) >= 11 is 6.91. The zero-order valence-electron chi connectivity index (χ0n) is 27.6. The summed E-state index contributed by atoms with van der Waals surface area (Å²) in [5, 5.41) is 43.5. The van der Waals surface area contributed by atoms with E-state index in [0.717, 1.165) is 38.5 Å². The predicted octanol–water partition coefficient (Wildman–Crippen LogP) is 4.37. The zero-order chi connectivity index (χ0) is 31.6. The van der Waals surface area contributed by atoms with E-state index in [2.05, 4.69) is 34.6 Å². The summed E-state index contributed by atoms with van der Waals surface area (Å²) in [6.07, 6.45) is 2.63. The molecule has 0 aromatic carbocycles. The number of aliphatic hydroxyl groups excluding tert-OH is 4. The van der Waals surface area contributed by atoms with Gasteiger partial charge in [-0.15, -0.1) is 11.6 Å². The largest absolute Gasteiger partial charge is 0.388 e. The van der Waals surface area contributed by atoms with Crippen LogP contribution >= 0.6 is 11.6 Å². The van der Waals surface area contributed by atoms with Gasteiger partial charge in [-0.25, -0.2) is 0 Å². The lowest BCUT2D eigenvalue weighted by Crippen LogP contribution is -2.61. The molecule has 4 N–H and O–H groups in total. The van der Waals surface area contributed by atoms with Crippen LogP contribution in [0.5, 0.6) is 0 Å². The molecule has 8 nitrogen and oxygen atoms in total. The Bertz CT molecular complexity index is 1210. The monoisotopic (exact) mass is 638 g/mol. The lowest BCUT2D eigenvalue weighted by molar-refractivity contribution is -0.303. The van der Waals surface area contributed by atoms with Gasteiger partial charge in [0.1, 0.15) is 30.5 Å². The van der Waals surface area contributed by atoms with Crippen molar-refractivity contribution in [3.8, 4) is 0 Å². The lowest BCUT2D eigenvalue weighted by Gasteiger charge is -2.63. The molecule has 3 heterocycles. The van der Waals surface area contributed by atoms with Gasteiger partial charge < -0.3 is 39.4 Å². The summed E-state index contributed by atoms with van der Waals surface area (Å²) in [7, 11) is 0. The first-order valence-electron chi connectivity index (χ1n) is 17.4. The van der Waals surface area contributed by atoms with Crippen molar-refractivity contribution in [2.45, 2.75) is 160 Å². The highest BCUT2D eigenvalue weighted by Crippen LogP contribution is 2.90. The second-order valence-electron chi connectivity index (χ2n) is 18.2. The molecule has 0 aromatic heterocycles. The van der Waals surface area contributed by atoms with E-state index in [4.69, 9.17) is 30.5 Å². The van der Waals surface area contributed by atoms with E-state index in [1.165, 1.54) is 12.8 Å². The summed E-state index contributed by atoms with van der Waals surface area (Å²) in [4.78, 5) is -0.583. The fourth-order valence-corrected chi connectivity index (χ4v) is 14.1. The molecule has 17 atom stereocenters. The Labute approximate surface area is 267 Å². The number of hydrogen-bond donors (Lipinski definition) is 4. The number of aliphatic hydroxyl groups is 4. The van der Waals surface area contributed by atoms with Gasteiger partial charge in [-0.2, -0.15) is 0 Å². The van der Waals surface area contributed by atoms with E-state index in [0.29, 0.717) is 17.8 Å². The van der Waals surface area contributed by atoms with Crippen LogP contribution in [-0.4, -0.2) is 86.7 Å². The molecule has 3 spiro atoms. The first-order chi connectivity index (χ1) is 20.4. The van der Waals surface area contributed by atoms with E-state index in [1.54, 1.807) is 0 Å². The van der Waals surface area contributed by atoms with E-state index in [1.807, 2.05) is 13.8 Å². The van der Waals surface area contributed by atoms with Crippen LogP contribution < -0.4 is 0 Å². The normalized spacial score (nSPS) is 62.2. The Hall–Kier alpha value is -0.0300. The van der Waals surface area contributed by atoms with Gasteiger partial charge in [0.25, 0.3) is 0 Å². The Morgan fingerprint density at radius 2 is 1.55 bits per heavy atom. The molecule has 44 heavy (non-hydrogen) atoms. The van der Waals surface area contributed by atoms with Crippen LogP contribution in [0.3, 0.4) is 0 Å². The van der Waals surface area contributed by atoms with Crippen LogP contribution in [0.4, 0.5) is 0 Å². The molecule has 3 aliphatic heterocycles. The molecular weight excluding hydrogens is 584 g/mol. The number of ether oxygens (including phenoxy) is 4. The van der Waals surface area contributed by atoms with Crippen molar-refractivity contribution < 1.29 is 39.4 Å². The highest BCUT2D eigenvalue weighted by Gasteiger charge is 2.88. The Kier molecular flexibility index (Phi) is 6.50. The van der Waals surface area contributed by atoms with Crippen molar-refractivity contribution >= 4 is 11.6 Å². The molecule has 8 fully saturated rings. The highest BCUT2D eigenvalue weighted by atomic mass is 35.5. The van der Waals surface area contributed by atoms with E-state index >= 15 is 0 Å². The van der Waals surface area contributed by atoms with Gasteiger partial charge in [0.2, 0.25) is 0 Å². The number of alkyl halides is 1. The third-order valence-corrected chi connectivity index (χ3v) is 16.1. The van der Waals surface area contributed by atoms with Crippen molar-refractivity contribution in [1.82, 2.24) is 0 Å². The number of rotatable bonds is 3. The summed E-state index contributed by atoms with van der Waals surface area (Å²) in [6.45, 7) is 15.8. The van der Waals surface area contributed by atoms with Crippen molar-refractivity contribution in [1.29, 1.82) is 0 Å². The van der Waals surface area contributed by atoms with E-state index < -0.39 is 41.4 Å². The first kappa shape index (κ1) is 31.3. The maximum Gasteiger partial charge on any atom is 0.199 e. The van der Waals surface area contributed by atoms with Crippen molar-refractivity contribution in [3.63, 3.8) is 0 Å². The third kappa shape index (κ3) is 3.45. The van der Waals surface area contributed by atoms with Crippen LogP contribution in [0.2, 0.25) is 0 Å². The second-order valence-corrected chi connectivity index (χ2v) is 19.2. The summed E-state index contributed by atoms with van der Waals surface area (Å²) in [5.74, 6) is 0.334. The molecule has 3 saturated heterocycles. The summed E-state index contributed by atoms with van der Waals surface area (Å²) < 4.78 is 26.0. The highest BCUT2D eigenvalue weighted by molar-refractivity contribution is 6.23. The second kappa shape index (κ2) is 9.15. The van der Waals surface area contributed by atoms with Crippen LogP contribution in [0.1, 0.15) is 99.8 Å². The lowest BCUT2D eigenvalue weighted by atomic mass is 9.41. The Balaban J connectivity index is 1.10.